The second kappa shape index (κ2) is 5.87. The Hall–Kier alpha value is -1.50. The number of nitrogens with two attached hydrogens (primary N) is 1. The van der Waals surface area contributed by atoms with Gasteiger partial charge < -0.3 is 9.13 Å². The van der Waals surface area contributed by atoms with Crippen molar-refractivity contribution in [2.24, 2.45) is 5.14 Å². The molecule has 5 nitrogen and oxygen atoms in total. The van der Waals surface area contributed by atoms with Crippen LogP contribution < -0.4 is 5.14 Å². The fourth-order valence-corrected chi connectivity index (χ4v) is 2.73. The maximum atomic E-state index is 6.04. The highest BCUT2D eigenvalue weighted by molar-refractivity contribution is 7.97. The molecule has 0 amide bonds. The molecule has 0 aliphatic carbocycles. The molecule has 0 saturated heterocycles. The highest BCUT2D eigenvalue weighted by Gasteiger charge is 2.06. The fraction of sp³-hybridized carbons (Fsp3) is 0.231. The van der Waals surface area contributed by atoms with E-state index in [0.29, 0.717) is 5.15 Å². The zero-order chi connectivity index (χ0) is 13.9. The van der Waals surface area contributed by atoms with E-state index in [4.69, 9.17) is 16.7 Å². The summed E-state index contributed by atoms with van der Waals surface area (Å²) in [6, 6.07) is 3.97. The van der Waals surface area contributed by atoms with Crippen LogP contribution in [-0.4, -0.2) is 19.1 Å². The molecular formula is C13H14ClN5S. The average Bonchev–Trinajstić information content (AvgIpc) is 3.07. The largest absolute Gasteiger partial charge is 0.353 e. The van der Waals surface area contributed by atoms with E-state index >= 15 is 0 Å². The van der Waals surface area contributed by atoms with E-state index in [1.54, 1.807) is 0 Å². The van der Waals surface area contributed by atoms with Crippen molar-refractivity contribution >= 4 is 34.6 Å². The van der Waals surface area contributed by atoms with Gasteiger partial charge in [0.15, 0.2) is 0 Å². The maximum Gasteiger partial charge on any atom is 0.144 e. The van der Waals surface area contributed by atoms with Crippen LogP contribution in [0.3, 0.4) is 0 Å². The summed E-state index contributed by atoms with van der Waals surface area (Å²) in [6.07, 6.45) is 8.61. The first-order valence-corrected chi connectivity index (χ1v) is 7.51. The summed E-state index contributed by atoms with van der Waals surface area (Å²) in [5, 5.41) is 6.92. The summed E-state index contributed by atoms with van der Waals surface area (Å²) in [5.41, 5.74) is 0.885. The fourth-order valence-electron chi connectivity index (χ4n) is 2.20. The van der Waals surface area contributed by atoms with E-state index in [1.807, 2.05) is 24.5 Å². The van der Waals surface area contributed by atoms with Gasteiger partial charge in [0.05, 0.1) is 5.39 Å². The first-order valence-electron chi connectivity index (χ1n) is 6.26. The lowest BCUT2D eigenvalue weighted by Crippen LogP contribution is -2.02. The van der Waals surface area contributed by atoms with Crippen molar-refractivity contribution < 1.29 is 0 Å². The van der Waals surface area contributed by atoms with Gasteiger partial charge in [-0.1, -0.05) is 11.6 Å². The van der Waals surface area contributed by atoms with Crippen LogP contribution in [0.4, 0.5) is 0 Å². The molecular weight excluding hydrogens is 294 g/mol. The van der Waals surface area contributed by atoms with Crippen molar-refractivity contribution in [2.75, 3.05) is 0 Å². The number of nitrogens with zero attached hydrogens (tertiary/aromatic N) is 4. The van der Waals surface area contributed by atoms with Gasteiger partial charge in [-0.3, -0.25) is 5.14 Å². The summed E-state index contributed by atoms with van der Waals surface area (Å²) < 4.78 is 4.24. The monoisotopic (exact) mass is 307 g/mol. The molecule has 0 radical (unpaired) electrons. The molecule has 0 fully saturated rings. The number of hydrogen-bond acceptors (Lipinski definition) is 4. The van der Waals surface area contributed by atoms with Gasteiger partial charge in [0.2, 0.25) is 0 Å². The Morgan fingerprint density at radius 2 is 2.10 bits per heavy atom. The third kappa shape index (κ3) is 2.67. The third-order valence-corrected chi connectivity index (χ3v) is 4.00. The van der Waals surface area contributed by atoms with Crippen molar-refractivity contribution in [3.8, 4) is 0 Å². The second-order valence-electron chi connectivity index (χ2n) is 4.47. The van der Waals surface area contributed by atoms with Crippen LogP contribution in [0.15, 0.2) is 41.9 Å². The minimum Gasteiger partial charge on any atom is -0.353 e. The number of aromatic nitrogens is 4. The molecule has 104 valence electrons. The Labute approximate surface area is 125 Å². The molecule has 0 aliphatic rings. The molecule has 3 heterocycles. The van der Waals surface area contributed by atoms with E-state index in [9.17, 15) is 0 Å². The molecule has 0 aliphatic heterocycles. The Morgan fingerprint density at radius 1 is 1.20 bits per heavy atom. The molecule has 7 heteroatoms. The Morgan fingerprint density at radius 3 is 2.90 bits per heavy atom. The minimum atomic E-state index is 0.503. The van der Waals surface area contributed by atoms with Crippen molar-refractivity contribution in [3.63, 3.8) is 0 Å². The molecule has 3 rings (SSSR count). The molecule has 0 unspecified atom stereocenters. The summed E-state index contributed by atoms with van der Waals surface area (Å²) in [6.45, 7) is 1.83. The summed E-state index contributed by atoms with van der Waals surface area (Å²) in [4.78, 5) is 9.35. The van der Waals surface area contributed by atoms with Crippen molar-refractivity contribution in [3.05, 3.63) is 42.2 Å². The Bertz CT molecular complexity index is 720. The van der Waals surface area contributed by atoms with E-state index < -0.39 is 0 Å². The number of rotatable bonds is 5. The highest BCUT2D eigenvalue weighted by Crippen LogP contribution is 2.20. The predicted molar refractivity (Wildman–Crippen MR) is 81.6 cm³/mol. The van der Waals surface area contributed by atoms with Gasteiger partial charge in [-0.05, 0) is 30.5 Å². The minimum absolute atomic E-state index is 0.503. The lowest BCUT2D eigenvalue weighted by Gasteiger charge is -2.06. The van der Waals surface area contributed by atoms with Crippen LogP contribution in [0.2, 0.25) is 5.15 Å². The molecule has 2 N–H and O–H groups in total. The average molecular weight is 308 g/mol. The van der Waals surface area contributed by atoms with Gasteiger partial charge in [0, 0.05) is 36.6 Å². The lowest BCUT2D eigenvalue weighted by atomic mass is 10.4. The summed E-state index contributed by atoms with van der Waals surface area (Å²) in [5.74, 6) is 0. The van der Waals surface area contributed by atoms with Crippen molar-refractivity contribution in [1.82, 2.24) is 19.1 Å². The van der Waals surface area contributed by atoms with E-state index in [-0.39, 0.29) is 0 Å². The van der Waals surface area contributed by atoms with Gasteiger partial charge in [0.1, 0.15) is 17.1 Å². The van der Waals surface area contributed by atoms with Crippen LogP contribution in [0.5, 0.6) is 0 Å². The van der Waals surface area contributed by atoms with Crippen LogP contribution in [0.1, 0.15) is 6.42 Å². The smallest absolute Gasteiger partial charge is 0.144 e. The lowest BCUT2D eigenvalue weighted by molar-refractivity contribution is 0.572. The van der Waals surface area contributed by atoms with Crippen molar-refractivity contribution in [1.29, 1.82) is 0 Å². The zero-order valence-corrected chi connectivity index (χ0v) is 12.3. The standard InChI is InChI=1S/C13H14ClN5S/c14-12-11-3-7-19(13(11)17-9-16-12)5-1-4-18-6-2-10(8-18)20-15/h2-3,6-9H,1,4-5,15H2. The highest BCUT2D eigenvalue weighted by atomic mass is 35.5. The molecule has 0 saturated carbocycles. The summed E-state index contributed by atoms with van der Waals surface area (Å²) >= 11 is 7.30. The number of hydrogen-bond donors (Lipinski definition) is 1. The van der Waals surface area contributed by atoms with Gasteiger partial charge in [-0.2, -0.15) is 0 Å². The van der Waals surface area contributed by atoms with Crippen LogP contribution in [0, 0.1) is 0 Å². The molecule has 0 spiro atoms. The van der Waals surface area contributed by atoms with Crippen LogP contribution in [0.25, 0.3) is 11.0 Å². The van der Waals surface area contributed by atoms with Crippen LogP contribution >= 0.6 is 23.5 Å². The molecule has 0 atom stereocenters. The van der Waals surface area contributed by atoms with Gasteiger partial charge in [-0.25, -0.2) is 9.97 Å². The topological polar surface area (TPSA) is 61.7 Å². The number of aryl methyl sites for hydroxylation is 2. The molecule has 3 aromatic rings. The van der Waals surface area contributed by atoms with Gasteiger partial charge in [-0.15, -0.1) is 0 Å². The predicted octanol–water partition coefficient (Wildman–Crippen LogP) is 2.94. The number of halogens is 1. The molecule has 20 heavy (non-hydrogen) atoms. The Balaban J connectivity index is 1.66. The van der Waals surface area contributed by atoms with Gasteiger partial charge >= 0.3 is 0 Å². The van der Waals surface area contributed by atoms with Crippen molar-refractivity contribution in [2.45, 2.75) is 24.4 Å². The quantitative estimate of drug-likeness (QED) is 0.581. The number of fused-ring (bicyclic) bond motifs is 1. The third-order valence-electron chi connectivity index (χ3n) is 3.18. The van der Waals surface area contributed by atoms with Gasteiger partial charge in [0.25, 0.3) is 0 Å². The van der Waals surface area contributed by atoms with E-state index in [1.165, 1.54) is 18.3 Å². The molecule has 3 aromatic heterocycles. The van der Waals surface area contributed by atoms with E-state index in [2.05, 4.69) is 25.3 Å². The van der Waals surface area contributed by atoms with E-state index in [0.717, 1.165) is 35.4 Å². The first kappa shape index (κ1) is 13.5. The maximum absolute atomic E-state index is 6.04. The second-order valence-corrected chi connectivity index (χ2v) is 5.53. The molecule has 0 aromatic carbocycles. The first-order chi connectivity index (χ1) is 9.78. The van der Waals surface area contributed by atoms with Crippen LogP contribution in [-0.2, 0) is 13.1 Å². The summed E-state index contributed by atoms with van der Waals surface area (Å²) in [7, 11) is 0. The SMILES string of the molecule is NSc1ccn(CCCn2ccc3c(Cl)ncnc32)c1. The normalized spacial score (nSPS) is 11.3. The Kier molecular flexibility index (Phi) is 3.95. The zero-order valence-electron chi connectivity index (χ0n) is 10.7. The molecule has 0 bridgehead atoms.